The van der Waals surface area contributed by atoms with E-state index in [1.54, 1.807) is 16.7 Å². The van der Waals surface area contributed by atoms with Crippen molar-refractivity contribution in [1.29, 1.82) is 0 Å². The average Bonchev–Trinajstić information content (AvgIpc) is 3.61. The van der Waals surface area contributed by atoms with Crippen LogP contribution in [0.2, 0.25) is 5.02 Å². The van der Waals surface area contributed by atoms with E-state index in [0.29, 0.717) is 52.7 Å². The van der Waals surface area contributed by atoms with Crippen LogP contribution in [0.15, 0.2) is 41.5 Å². The first-order chi connectivity index (χ1) is 17.4. The molecule has 6 rings (SSSR count). The van der Waals surface area contributed by atoms with Gasteiger partial charge in [0.15, 0.2) is 11.3 Å². The molecule has 0 N–H and O–H groups in total. The van der Waals surface area contributed by atoms with E-state index in [0.717, 1.165) is 30.7 Å². The van der Waals surface area contributed by atoms with Crippen LogP contribution in [-0.2, 0) is 17.6 Å². The third-order valence-electron chi connectivity index (χ3n) is 7.26. The number of ether oxygens (including phenoxy) is 1. The van der Waals surface area contributed by atoms with Gasteiger partial charge in [-0.2, -0.15) is 5.10 Å². The van der Waals surface area contributed by atoms with Gasteiger partial charge < -0.3 is 4.74 Å². The van der Waals surface area contributed by atoms with E-state index >= 15 is 0 Å². The maximum atomic E-state index is 13.7. The van der Waals surface area contributed by atoms with Crippen LogP contribution >= 0.6 is 11.6 Å². The van der Waals surface area contributed by atoms with E-state index in [4.69, 9.17) is 21.3 Å². The van der Waals surface area contributed by atoms with Crippen LogP contribution in [0.3, 0.4) is 0 Å². The molecule has 0 bridgehead atoms. The molecule has 2 aliphatic rings. The lowest BCUT2D eigenvalue weighted by molar-refractivity contribution is -0.00813. The molecule has 4 aromatic rings. The number of hydrogen-bond donors (Lipinski definition) is 0. The first-order valence-corrected chi connectivity index (χ1v) is 13.0. The predicted molar refractivity (Wildman–Crippen MR) is 138 cm³/mol. The molecule has 0 spiro atoms. The Hall–Kier alpha value is -3.10. The molecule has 1 saturated carbocycles. The minimum absolute atomic E-state index is 0.115. The van der Waals surface area contributed by atoms with Crippen LogP contribution in [0, 0.1) is 19.8 Å². The van der Waals surface area contributed by atoms with Gasteiger partial charge in [0.05, 0.1) is 35.4 Å². The van der Waals surface area contributed by atoms with Crippen molar-refractivity contribution in [2.24, 2.45) is 5.92 Å². The fourth-order valence-electron chi connectivity index (χ4n) is 5.01. The van der Waals surface area contributed by atoms with Crippen LogP contribution in [0.1, 0.15) is 54.4 Å². The number of aryl methyl sites for hydroxylation is 2. The largest absolute Gasteiger partial charge is 0.378 e. The van der Waals surface area contributed by atoms with Crippen LogP contribution in [0.4, 0.5) is 0 Å². The Morgan fingerprint density at radius 1 is 1.03 bits per heavy atom. The number of nitrogens with zero attached hydrogens (tertiary/aromatic N) is 6. The van der Waals surface area contributed by atoms with Gasteiger partial charge in [-0.1, -0.05) is 11.6 Å². The number of aromatic nitrogens is 6. The van der Waals surface area contributed by atoms with Crippen molar-refractivity contribution in [2.45, 2.75) is 64.5 Å². The molecule has 3 aromatic heterocycles. The number of rotatable bonds is 6. The van der Waals surface area contributed by atoms with E-state index < -0.39 is 0 Å². The second-order valence-corrected chi connectivity index (χ2v) is 10.5. The van der Waals surface area contributed by atoms with E-state index in [1.807, 2.05) is 32.2 Å². The first-order valence-electron chi connectivity index (χ1n) is 12.6. The minimum Gasteiger partial charge on any atom is -0.378 e. The van der Waals surface area contributed by atoms with Gasteiger partial charge in [0.1, 0.15) is 5.69 Å². The number of fused-ring (bicyclic) bond motifs is 1. The quantitative estimate of drug-likeness (QED) is 0.382. The summed E-state index contributed by atoms with van der Waals surface area (Å²) in [5, 5.41) is 5.12. The maximum Gasteiger partial charge on any atom is 0.278 e. The zero-order valence-electron chi connectivity index (χ0n) is 20.5. The van der Waals surface area contributed by atoms with Crippen LogP contribution in [-0.4, -0.2) is 42.0 Å². The van der Waals surface area contributed by atoms with Crippen molar-refractivity contribution < 1.29 is 4.74 Å². The Balaban J connectivity index is 1.29. The Kier molecular flexibility index (Phi) is 6.09. The van der Waals surface area contributed by atoms with Crippen LogP contribution < -0.4 is 5.56 Å². The summed E-state index contributed by atoms with van der Waals surface area (Å²) in [5.41, 5.74) is 4.80. The molecule has 8 nitrogen and oxygen atoms in total. The molecule has 0 amide bonds. The topological polar surface area (TPSA) is 87.7 Å². The summed E-state index contributed by atoms with van der Waals surface area (Å²) in [5.74, 6) is 0.304. The molecule has 2 atom stereocenters. The monoisotopic (exact) mass is 504 g/mol. The molecule has 1 aliphatic heterocycles. The van der Waals surface area contributed by atoms with Crippen molar-refractivity contribution in [2.75, 3.05) is 6.61 Å². The smallest absolute Gasteiger partial charge is 0.278 e. The Labute approximate surface area is 214 Å². The van der Waals surface area contributed by atoms with E-state index in [1.165, 1.54) is 18.4 Å². The molecule has 1 aromatic carbocycles. The molecular formula is C27H29ClN6O2. The van der Waals surface area contributed by atoms with Crippen molar-refractivity contribution in [1.82, 2.24) is 29.3 Å². The Bertz CT molecular complexity index is 1470. The highest BCUT2D eigenvalue weighted by molar-refractivity contribution is 6.30. The molecule has 0 radical (unpaired) electrons. The van der Waals surface area contributed by atoms with Crippen molar-refractivity contribution in [3.05, 3.63) is 74.7 Å². The van der Waals surface area contributed by atoms with Gasteiger partial charge in [0, 0.05) is 24.2 Å². The zero-order valence-corrected chi connectivity index (χ0v) is 21.3. The number of halogens is 1. The van der Waals surface area contributed by atoms with Gasteiger partial charge >= 0.3 is 0 Å². The summed E-state index contributed by atoms with van der Waals surface area (Å²) in [7, 11) is 0. The van der Waals surface area contributed by atoms with Crippen LogP contribution in [0.25, 0.3) is 17.0 Å². The maximum absolute atomic E-state index is 13.7. The summed E-state index contributed by atoms with van der Waals surface area (Å²) >= 11 is 6.11. The summed E-state index contributed by atoms with van der Waals surface area (Å²) < 4.78 is 9.80. The molecule has 1 aliphatic carbocycles. The van der Waals surface area contributed by atoms with E-state index in [2.05, 4.69) is 25.9 Å². The fraction of sp³-hybridized carbons (Fsp3) is 0.444. The molecular weight excluding hydrogens is 476 g/mol. The normalized spacial score (nSPS) is 20.2. The molecule has 1 saturated heterocycles. The molecule has 36 heavy (non-hydrogen) atoms. The standard InChI is InChI=1S/C27H29ClN6O2/c1-16-17(2)31-26-25(30-16)32-24(27(35)34(26)22-5-3-20(28)4-6-22)13-18-9-10-36-23(11-18)12-19-14-29-33(15-19)21-7-8-21/h3-6,14-15,18,21,23H,7-13H2,1-2H3. The lowest BCUT2D eigenvalue weighted by Gasteiger charge is -2.29. The zero-order chi connectivity index (χ0) is 24.8. The van der Waals surface area contributed by atoms with Gasteiger partial charge in [-0.15, -0.1) is 0 Å². The summed E-state index contributed by atoms with van der Waals surface area (Å²) in [6, 6.07) is 7.79. The van der Waals surface area contributed by atoms with Crippen molar-refractivity contribution in [3.63, 3.8) is 0 Å². The summed E-state index contributed by atoms with van der Waals surface area (Å²) in [6.45, 7) is 4.49. The summed E-state index contributed by atoms with van der Waals surface area (Å²) in [4.78, 5) is 27.8. The highest BCUT2D eigenvalue weighted by Crippen LogP contribution is 2.34. The van der Waals surface area contributed by atoms with E-state index in [9.17, 15) is 4.79 Å². The van der Waals surface area contributed by atoms with Gasteiger partial charge in [-0.3, -0.25) is 14.0 Å². The number of hydrogen-bond acceptors (Lipinski definition) is 6. The Morgan fingerprint density at radius 2 is 1.81 bits per heavy atom. The van der Waals surface area contributed by atoms with Crippen molar-refractivity contribution in [3.8, 4) is 5.69 Å². The highest BCUT2D eigenvalue weighted by Gasteiger charge is 2.28. The minimum atomic E-state index is -0.156. The average molecular weight is 505 g/mol. The third-order valence-corrected chi connectivity index (χ3v) is 7.51. The van der Waals surface area contributed by atoms with Gasteiger partial charge in [0.25, 0.3) is 5.56 Å². The van der Waals surface area contributed by atoms with Crippen molar-refractivity contribution >= 4 is 22.9 Å². The number of benzene rings is 1. The first kappa shape index (κ1) is 23.3. The van der Waals surface area contributed by atoms with E-state index in [-0.39, 0.29) is 11.7 Å². The van der Waals surface area contributed by atoms with Gasteiger partial charge in [0.2, 0.25) is 0 Å². The third kappa shape index (κ3) is 4.67. The Morgan fingerprint density at radius 3 is 2.58 bits per heavy atom. The van der Waals surface area contributed by atoms with Gasteiger partial charge in [-0.25, -0.2) is 15.0 Å². The molecule has 9 heteroatoms. The lowest BCUT2D eigenvalue weighted by atomic mass is 9.89. The second kappa shape index (κ2) is 9.41. The fourth-order valence-corrected chi connectivity index (χ4v) is 5.14. The molecule has 4 heterocycles. The molecule has 186 valence electrons. The lowest BCUT2D eigenvalue weighted by Crippen LogP contribution is -2.32. The SMILES string of the molecule is Cc1nc2nc(CC3CCOC(Cc4cnn(C5CC5)c4)C3)c(=O)n(-c3ccc(Cl)cc3)c2nc1C. The second-order valence-electron chi connectivity index (χ2n) is 10.1. The molecule has 2 fully saturated rings. The summed E-state index contributed by atoms with van der Waals surface area (Å²) in [6.07, 6.45) is 9.88. The molecule has 2 unspecified atom stereocenters. The van der Waals surface area contributed by atoms with Crippen LogP contribution in [0.5, 0.6) is 0 Å². The highest BCUT2D eigenvalue weighted by atomic mass is 35.5. The predicted octanol–water partition coefficient (Wildman–Crippen LogP) is 4.56. The van der Waals surface area contributed by atoms with Gasteiger partial charge in [-0.05, 0) is 81.7 Å².